The van der Waals surface area contributed by atoms with Gasteiger partial charge in [0.2, 0.25) is 0 Å². The normalized spacial score (nSPS) is 18.7. The topological polar surface area (TPSA) is 49.4 Å². The molecule has 110 valence electrons. The van der Waals surface area contributed by atoms with Crippen LogP contribution in [0.3, 0.4) is 0 Å². The quantitative estimate of drug-likeness (QED) is 0.760. The Kier molecular flexibility index (Phi) is 2.07. The van der Waals surface area contributed by atoms with Crippen LogP contribution in [0.1, 0.15) is 11.1 Å². The number of nitrogens with zero attached hydrogens (tertiary/aromatic N) is 4. The molecule has 4 aliphatic rings. The van der Waals surface area contributed by atoms with E-state index < -0.39 is 0 Å². The SMILES string of the molecule is C1=NC(C2=C3C(=Nc4ccccc43)C=N2)=C2C1=Nc1ccccc12. The van der Waals surface area contributed by atoms with Gasteiger partial charge < -0.3 is 0 Å². The van der Waals surface area contributed by atoms with E-state index in [1.165, 1.54) is 0 Å². The van der Waals surface area contributed by atoms with E-state index in [9.17, 15) is 0 Å². The fraction of sp³-hybridized carbons (Fsp3) is 0. The third-order valence-electron chi connectivity index (χ3n) is 4.67. The first kappa shape index (κ1) is 12.1. The summed E-state index contributed by atoms with van der Waals surface area (Å²) in [4.78, 5) is 18.6. The number of benzene rings is 2. The van der Waals surface area contributed by atoms with Gasteiger partial charge in [0.25, 0.3) is 0 Å². The highest BCUT2D eigenvalue weighted by Crippen LogP contribution is 2.46. The van der Waals surface area contributed by atoms with Crippen molar-refractivity contribution in [2.24, 2.45) is 20.0 Å². The Labute approximate surface area is 138 Å². The van der Waals surface area contributed by atoms with Crippen molar-refractivity contribution in [2.45, 2.75) is 0 Å². The third kappa shape index (κ3) is 1.38. The summed E-state index contributed by atoms with van der Waals surface area (Å²) < 4.78 is 0. The lowest BCUT2D eigenvalue weighted by molar-refractivity contribution is 1.29. The summed E-state index contributed by atoms with van der Waals surface area (Å²) in [7, 11) is 0. The summed E-state index contributed by atoms with van der Waals surface area (Å²) in [5, 5.41) is 0. The predicted molar refractivity (Wildman–Crippen MR) is 97.9 cm³/mol. The minimum atomic E-state index is 0.895. The van der Waals surface area contributed by atoms with E-state index in [-0.39, 0.29) is 0 Å². The van der Waals surface area contributed by atoms with Gasteiger partial charge in [-0.25, -0.2) is 9.98 Å². The van der Waals surface area contributed by atoms with E-state index in [0.29, 0.717) is 0 Å². The van der Waals surface area contributed by atoms with Gasteiger partial charge in [0, 0.05) is 22.3 Å². The van der Waals surface area contributed by atoms with Gasteiger partial charge in [0.05, 0.1) is 46.6 Å². The van der Waals surface area contributed by atoms with Gasteiger partial charge in [0.15, 0.2) is 0 Å². The maximum Gasteiger partial charge on any atom is 0.0995 e. The monoisotopic (exact) mass is 306 g/mol. The number of hydrogen-bond donors (Lipinski definition) is 0. The van der Waals surface area contributed by atoms with Crippen molar-refractivity contribution >= 4 is 46.4 Å². The van der Waals surface area contributed by atoms with Crippen molar-refractivity contribution in [3.05, 3.63) is 71.1 Å². The van der Waals surface area contributed by atoms with Crippen molar-refractivity contribution in [1.82, 2.24) is 0 Å². The van der Waals surface area contributed by atoms with E-state index in [1.807, 2.05) is 48.8 Å². The first-order valence-electron chi connectivity index (χ1n) is 7.84. The molecule has 4 nitrogen and oxygen atoms in total. The largest absolute Gasteiger partial charge is 0.252 e. The number of fused-ring (bicyclic) bond motifs is 6. The maximum atomic E-state index is 4.67. The maximum absolute atomic E-state index is 4.67. The summed E-state index contributed by atoms with van der Waals surface area (Å²) in [6, 6.07) is 16.3. The Balaban J connectivity index is 1.64. The minimum absolute atomic E-state index is 0.895. The van der Waals surface area contributed by atoms with E-state index in [1.54, 1.807) is 0 Å². The average Bonchev–Trinajstić information content (AvgIpc) is 3.33. The lowest BCUT2D eigenvalue weighted by Crippen LogP contribution is -1.97. The molecule has 4 aliphatic heterocycles. The smallest absolute Gasteiger partial charge is 0.0995 e. The zero-order valence-electron chi connectivity index (χ0n) is 12.6. The number of hydrogen-bond acceptors (Lipinski definition) is 4. The highest BCUT2D eigenvalue weighted by atomic mass is 15.0. The predicted octanol–water partition coefficient (Wildman–Crippen LogP) is 4.15. The molecule has 0 aromatic heterocycles. The number of allylic oxidation sites excluding steroid dienone is 2. The zero-order chi connectivity index (χ0) is 15.7. The lowest BCUT2D eigenvalue weighted by atomic mass is 9.97. The molecule has 0 bridgehead atoms. The molecule has 4 heteroatoms. The van der Waals surface area contributed by atoms with Gasteiger partial charge in [0.1, 0.15) is 0 Å². The molecule has 24 heavy (non-hydrogen) atoms. The van der Waals surface area contributed by atoms with Crippen LogP contribution in [-0.4, -0.2) is 23.9 Å². The van der Waals surface area contributed by atoms with Gasteiger partial charge in [-0.15, -0.1) is 0 Å². The van der Waals surface area contributed by atoms with Crippen LogP contribution >= 0.6 is 0 Å². The molecular weight excluding hydrogens is 296 g/mol. The standard InChI is InChI=1S/C20H10N4/c1-3-7-13-11(5-1)17-15(23-13)9-21-19(17)20-18-12-6-2-4-8-14(12)24-16(18)10-22-20/h1-10H. The van der Waals surface area contributed by atoms with Crippen LogP contribution in [0.25, 0.3) is 11.1 Å². The third-order valence-corrected chi connectivity index (χ3v) is 4.67. The second-order valence-corrected chi connectivity index (χ2v) is 5.99. The van der Waals surface area contributed by atoms with E-state index in [2.05, 4.69) is 32.1 Å². The molecule has 0 radical (unpaired) electrons. The van der Waals surface area contributed by atoms with Gasteiger partial charge in [-0.05, 0) is 12.1 Å². The van der Waals surface area contributed by atoms with Crippen molar-refractivity contribution in [2.75, 3.05) is 0 Å². The molecule has 2 aromatic carbocycles. The van der Waals surface area contributed by atoms with Crippen LogP contribution in [0, 0.1) is 0 Å². The van der Waals surface area contributed by atoms with E-state index in [4.69, 9.17) is 0 Å². The Morgan fingerprint density at radius 2 is 1.00 bits per heavy atom. The summed E-state index contributed by atoms with van der Waals surface area (Å²) >= 11 is 0. The molecule has 0 fully saturated rings. The fourth-order valence-corrected chi connectivity index (χ4v) is 3.64. The van der Waals surface area contributed by atoms with Crippen LogP contribution in [0.15, 0.2) is 79.9 Å². The van der Waals surface area contributed by atoms with Crippen LogP contribution in [0.5, 0.6) is 0 Å². The summed E-state index contributed by atoms with van der Waals surface area (Å²) in [5.41, 5.74) is 10.0. The number of para-hydroxylation sites is 2. The Bertz CT molecular complexity index is 1050. The fourth-order valence-electron chi connectivity index (χ4n) is 3.64. The Morgan fingerprint density at radius 1 is 0.542 bits per heavy atom. The summed E-state index contributed by atoms with van der Waals surface area (Å²) in [5.74, 6) is 0. The second kappa shape index (κ2) is 4.11. The molecule has 6 rings (SSSR count). The van der Waals surface area contributed by atoms with Crippen LogP contribution < -0.4 is 0 Å². The molecule has 2 aromatic rings. The van der Waals surface area contributed by atoms with E-state index in [0.717, 1.165) is 56.5 Å². The zero-order valence-corrected chi connectivity index (χ0v) is 12.6. The van der Waals surface area contributed by atoms with Crippen molar-refractivity contribution in [3.63, 3.8) is 0 Å². The van der Waals surface area contributed by atoms with Crippen LogP contribution in [0.2, 0.25) is 0 Å². The van der Waals surface area contributed by atoms with Gasteiger partial charge in [-0.1, -0.05) is 36.4 Å². The summed E-state index contributed by atoms with van der Waals surface area (Å²) in [6.07, 6.45) is 3.67. The highest BCUT2D eigenvalue weighted by molar-refractivity contribution is 6.58. The molecule has 0 saturated heterocycles. The van der Waals surface area contributed by atoms with Crippen molar-refractivity contribution in [1.29, 1.82) is 0 Å². The molecule has 0 atom stereocenters. The Morgan fingerprint density at radius 3 is 1.50 bits per heavy atom. The van der Waals surface area contributed by atoms with Gasteiger partial charge >= 0.3 is 0 Å². The first-order valence-corrected chi connectivity index (χ1v) is 7.84. The van der Waals surface area contributed by atoms with Crippen molar-refractivity contribution < 1.29 is 0 Å². The molecule has 0 saturated carbocycles. The van der Waals surface area contributed by atoms with Crippen LogP contribution in [0.4, 0.5) is 11.4 Å². The minimum Gasteiger partial charge on any atom is -0.252 e. The molecular formula is C20H10N4. The highest BCUT2D eigenvalue weighted by Gasteiger charge is 2.34. The molecule has 4 heterocycles. The second-order valence-electron chi connectivity index (χ2n) is 5.99. The van der Waals surface area contributed by atoms with Gasteiger partial charge in [-0.2, -0.15) is 0 Å². The first-order chi connectivity index (χ1) is 11.9. The van der Waals surface area contributed by atoms with Crippen LogP contribution in [-0.2, 0) is 0 Å². The number of rotatable bonds is 1. The van der Waals surface area contributed by atoms with Gasteiger partial charge in [-0.3, -0.25) is 9.98 Å². The molecule has 0 spiro atoms. The summed E-state index contributed by atoms with van der Waals surface area (Å²) in [6.45, 7) is 0. The molecule has 0 N–H and O–H groups in total. The molecule has 0 amide bonds. The average molecular weight is 306 g/mol. The van der Waals surface area contributed by atoms with E-state index >= 15 is 0 Å². The Hall–Kier alpha value is -3.40. The van der Waals surface area contributed by atoms with Crippen molar-refractivity contribution in [3.8, 4) is 0 Å². The molecule has 0 unspecified atom stereocenters. The lowest BCUT2D eigenvalue weighted by Gasteiger charge is -2.06. The molecule has 0 aliphatic carbocycles. The number of aliphatic imine (C=N–C) groups is 4.